The minimum absolute atomic E-state index is 0.255. The predicted molar refractivity (Wildman–Crippen MR) is 153 cm³/mol. The third-order valence-corrected chi connectivity index (χ3v) is 6.13. The Balaban J connectivity index is -0.000000511. The van der Waals surface area contributed by atoms with Gasteiger partial charge in [-0.2, -0.15) is 37.9 Å². The van der Waals surface area contributed by atoms with Crippen LogP contribution in [0.3, 0.4) is 0 Å². The Morgan fingerprint density at radius 3 is 0.821 bits per heavy atom. The van der Waals surface area contributed by atoms with Crippen LogP contribution in [-0.4, -0.2) is 97.8 Å². The van der Waals surface area contributed by atoms with Crippen LogP contribution in [0.25, 0.3) is 0 Å². The van der Waals surface area contributed by atoms with Gasteiger partial charge in [-0.25, -0.2) is 28.1 Å². The average molecular weight is 622 g/mol. The normalized spacial score (nSPS) is 12.2. The highest BCUT2D eigenvalue weighted by Gasteiger charge is 2.14. The number of rotatable bonds is 12. The van der Waals surface area contributed by atoms with Gasteiger partial charge in [0.15, 0.2) is 0 Å². The van der Waals surface area contributed by atoms with Crippen molar-refractivity contribution in [1.29, 1.82) is 0 Å². The van der Waals surface area contributed by atoms with Crippen molar-refractivity contribution in [1.82, 2.24) is 13.7 Å². The van der Waals surface area contributed by atoms with E-state index >= 15 is 0 Å². The molecule has 0 aliphatic rings. The fourth-order valence-electron chi connectivity index (χ4n) is 2.08. The number of aliphatic carboxylic acids is 3. The molecular formula is C21H39N3O12S3. The number of thiol groups is 3. The Kier molecular flexibility index (Phi) is 25.0. The Bertz CT molecular complexity index is 883. The minimum atomic E-state index is -0.887. The number of hydrogen-bond acceptors (Lipinski definition) is 12. The molecule has 3 atom stereocenters. The molecule has 0 saturated heterocycles. The van der Waals surface area contributed by atoms with Crippen molar-refractivity contribution in [2.24, 2.45) is 0 Å². The summed E-state index contributed by atoms with van der Waals surface area (Å²) in [7, 11) is 0. The van der Waals surface area contributed by atoms with Crippen molar-refractivity contribution in [3.05, 3.63) is 31.5 Å². The first-order valence-corrected chi connectivity index (χ1v) is 13.2. The molecule has 0 spiro atoms. The topological polar surface area (TPSA) is 239 Å². The van der Waals surface area contributed by atoms with Crippen LogP contribution in [0.15, 0.2) is 14.4 Å². The van der Waals surface area contributed by atoms with E-state index in [0.29, 0.717) is 33.0 Å². The molecule has 1 heterocycles. The highest BCUT2D eigenvalue weighted by molar-refractivity contribution is 7.82. The molecule has 39 heavy (non-hydrogen) atoms. The lowest BCUT2D eigenvalue weighted by Crippen LogP contribution is -2.55. The Morgan fingerprint density at radius 2 is 0.744 bits per heavy atom. The van der Waals surface area contributed by atoms with Crippen LogP contribution in [0.4, 0.5) is 0 Å². The molecule has 0 aromatic carbocycles. The smallest absolute Gasteiger partial charge is 0.336 e. The Morgan fingerprint density at radius 1 is 0.564 bits per heavy atom. The van der Waals surface area contributed by atoms with Crippen molar-refractivity contribution < 1.29 is 45.0 Å². The monoisotopic (exact) mass is 621 g/mol. The minimum Gasteiger partial charge on any atom is -0.480 e. The van der Waals surface area contributed by atoms with Gasteiger partial charge in [-0.15, -0.1) is 0 Å². The maximum atomic E-state index is 11.8. The van der Waals surface area contributed by atoms with Gasteiger partial charge in [0.25, 0.3) is 0 Å². The van der Waals surface area contributed by atoms with Crippen LogP contribution in [0.2, 0.25) is 0 Å². The Hall–Kier alpha value is -2.25. The summed E-state index contributed by atoms with van der Waals surface area (Å²) in [6.45, 7) is 3.27. The van der Waals surface area contributed by atoms with E-state index in [2.05, 4.69) is 37.9 Å². The van der Waals surface area contributed by atoms with Gasteiger partial charge < -0.3 is 30.6 Å². The fraction of sp³-hybridized carbons (Fsp3) is 0.714. The summed E-state index contributed by atoms with van der Waals surface area (Å²) in [6, 6.07) is 0. The van der Waals surface area contributed by atoms with Crippen molar-refractivity contribution in [3.8, 4) is 0 Å². The summed E-state index contributed by atoms with van der Waals surface area (Å²) < 4.78 is 2.06. The highest BCUT2D eigenvalue weighted by atomic mass is 32.1. The number of aliphatic hydroxyl groups is 3. The van der Waals surface area contributed by atoms with E-state index in [1.807, 2.05) is 0 Å². The molecule has 1 rings (SSSR count). The van der Waals surface area contributed by atoms with Crippen LogP contribution in [0, 0.1) is 0 Å². The first-order valence-electron chi connectivity index (χ1n) is 11.6. The number of aliphatic hydroxyl groups excluding tert-OH is 3. The number of carbonyl (C=O) groups is 3. The van der Waals surface area contributed by atoms with Gasteiger partial charge in [0, 0.05) is 0 Å². The van der Waals surface area contributed by atoms with Gasteiger partial charge in [0.05, 0.1) is 55.2 Å². The lowest BCUT2D eigenvalue weighted by Gasteiger charge is -2.11. The third kappa shape index (κ3) is 17.1. The van der Waals surface area contributed by atoms with E-state index in [9.17, 15) is 28.8 Å². The van der Waals surface area contributed by atoms with Crippen LogP contribution in [0.1, 0.15) is 40.0 Å². The Labute approximate surface area is 241 Å². The van der Waals surface area contributed by atoms with Crippen molar-refractivity contribution in [3.63, 3.8) is 0 Å². The molecule has 1 aromatic rings. The quantitative estimate of drug-likeness (QED) is 0.121. The first-order chi connectivity index (χ1) is 18.1. The third-order valence-electron chi connectivity index (χ3n) is 4.37. The molecule has 0 aliphatic carbocycles. The second kappa shape index (κ2) is 23.6. The molecule has 0 radical (unpaired) electrons. The summed E-state index contributed by atoms with van der Waals surface area (Å²) in [6.07, 6.45) is 1.75. The fourth-order valence-corrected chi connectivity index (χ4v) is 2.08. The van der Waals surface area contributed by atoms with Gasteiger partial charge in [-0.3, -0.25) is 14.4 Å². The van der Waals surface area contributed by atoms with E-state index < -0.39 is 70.5 Å². The van der Waals surface area contributed by atoms with Crippen LogP contribution < -0.4 is 17.1 Å². The summed E-state index contributed by atoms with van der Waals surface area (Å²) in [5, 5.41) is 49.2. The van der Waals surface area contributed by atoms with Crippen molar-refractivity contribution in [2.75, 3.05) is 19.8 Å². The molecule has 15 nitrogen and oxygen atoms in total. The largest absolute Gasteiger partial charge is 0.480 e. The average Bonchev–Trinajstić information content (AvgIpc) is 2.90. The maximum Gasteiger partial charge on any atom is 0.336 e. The molecule has 0 fully saturated rings. The zero-order chi connectivity index (χ0) is 31.3. The zero-order valence-electron chi connectivity index (χ0n) is 21.9. The molecule has 6 N–H and O–H groups in total. The number of carboxylic acids is 3. The highest BCUT2D eigenvalue weighted by Crippen LogP contribution is 1.99. The molecule has 0 amide bonds. The number of carboxylic acid groups (broad SMARTS) is 3. The summed E-state index contributed by atoms with van der Waals surface area (Å²) >= 11 is 11.2. The van der Waals surface area contributed by atoms with Crippen molar-refractivity contribution in [2.45, 2.75) is 75.4 Å². The zero-order valence-corrected chi connectivity index (χ0v) is 24.6. The predicted octanol–water partition coefficient (Wildman–Crippen LogP) is -1.51. The maximum absolute atomic E-state index is 11.8. The van der Waals surface area contributed by atoms with Gasteiger partial charge >= 0.3 is 35.0 Å². The van der Waals surface area contributed by atoms with E-state index in [1.165, 1.54) is 0 Å². The summed E-state index contributed by atoms with van der Waals surface area (Å²) in [4.78, 5) is 64.9. The second-order valence-corrected chi connectivity index (χ2v) is 9.13. The van der Waals surface area contributed by atoms with E-state index in [4.69, 9.17) is 30.6 Å². The lowest BCUT2D eigenvalue weighted by atomic mass is 10.3. The number of nitrogens with zero attached hydrogens (tertiary/aromatic N) is 3. The van der Waals surface area contributed by atoms with E-state index in [-0.39, 0.29) is 19.6 Å². The lowest BCUT2D eigenvalue weighted by molar-refractivity contribution is -0.137. The van der Waals surface area contributed by atoms with Crippen molar-refractivity contribution >= 4 is 55.8 Å². The van der Waals surface area contributed by atoms with Gasteiger partial charge in [0.1, 0.15) is 0 Å². The van der Waals surface area contributed by atoms with Gasteiger partial charge in [-0.05, 0) is 19.3 Å². The standard InChI is InChI=1S/C9H15N3O6.3C4H8O2S/c13-4-1-10-7(16)11(2-5-14)9(18)12(3-6-15)8(10)17;3*1-2-3(7)4(5)6/h13-15H,1-6H2;3*3,7H,2H2,1H3,(H,5,6). The van der Waals surface area contributed by atoms with Gasteiger partial charge in [0.2, 0.25) is 0 Å². The van der Waals surface area contributed by atoms with Gasteiger partial charge in [-0.1, -0.05) is 20.8 Å². The molecular weight excluding hydrogens is 582 g/mol. The van der Waals surface area contributed by atoms with Crippen LogP contribution in [0.5, 0.6) is 0 Å². The number of aromatic nitrogens is 3. The molecule has 3 unspecified atom stereocenters. The molecule has 228 valence electrons. The molecule has 1 aromatic heterocycles. The molecule has 0 bridgehead atoms. The first kappa shape index (κ1) is 41.2. The van der Waals surface area contributed by atoms with E-state index in [0.717, 1.165) is 0 Å². The van der Waals surface area contributed by atoms with Crippen LogP contribution >= 0.6 is 37.9 Å². The molecule has 18 heteroatoms. The van der Waals surface area contributed by atoms with E-state index in [1.54, 1.807) is 20.8 Å². The number of hydrogen-bond donors (Lipinski definition) is 9. The SMILES string of the molecule is CCC(S)C(=O)O.CCC(S)C(=O)O.CCC(S)C(=O)O.O=c1n(CCO)c(=O)n(CCO)c(=O)n1CCO. The molecule has 0 saturated carbocycles. The molecule has 0 aliphatic heterocycles. The summed E-state index contributed by atoms with van der Waals surface area (Å²) in [5.41, 5.74) is -2.66. The summed E-state index contributed by atoms with van der Waals surface area (Å²) in [5.74, 6) is -2.53. The van der Waals surface area contributed by atoms with Crippen LogP contribution in [-0.2, 0) is 34.0 Å². The second-order valence-electron chi connectivity index (χ2n) is 7.26.